The van der Waals surface area contributed by atoms with Gasteiger partial charge in [-0.15, -0.1) is 0 Å². The molecule has 1 aliphatic heterocycles. The van der Waals surface area contributed by atoms with Crippen LogP contribution in [0.5, 0.6) is 0 Å². The molecule has 1 heterocycles. The molecular formula is C16H24OS. The highest BCUT2D eigenvalue weighted by Crippen LogP contribution is 2.61. The van der Waals surface area contributed by atoms with E-state index in [2.05, 4.69) is 0 Å². The molecule has 5 fully saturated rings. The highest BCUT2D eigenvalue weighted by Gasteiger charge is 2.55. The molecule has 1 atom stereocenters. The van der Waals surface area contributed by atoms with Crippen LogP contribution in [-0.4, -0.2) is 16.8 Å². The van der Waals surface area contributed by atoms with Crippen molar-refractivity contribution >= 4 is 17.5 Å². The summed E-state index contributed by atoms with van der Waals surface area (Å²) < 4.78 is 0. The second-order valence-corrected chi connectivity index (χ2v) is 8.73. The van der Waals surface area contributed by atoms with Gasteiger partial charge in [-0.2, -0.15) is 11.8 Å². The van der Waals surface area contributed by atoms with Crippen molar-refractivity contribution in [3.63, 3.8) is 0 Å². The van der Waals surface area contributed by atoms with E-state index >= 15 is 0 Å². The van der Waals surface area contributed by atoms with Crippen LogP contribution in [0, 0.1) is 23.2 Å². The molecule has 0 aromatic heterocycles. The second-order valence-electron chi connectivity index (χ2n) is 7.42. The third-order valence-corrected chi connectivity index (χ3v) is 7.41. The van der Waals surface area contributed by atoms with Gasteiger partial charge in [0.25, 0.3) is 0 Å². The van der Waals surface area contributed by atoms with Crippen LogP contribution in [0.25, 0.3) is 0 Å². The molecule has 0 amide bonds. The lowest BCUT2D eigenvalue weighted by atomic mass is 9.48. The third-order valence-electron chi connectivity index (χ3n) is 6.03. The van der Waals surface area contributed by atoms with Gasteiger partial charge >= 0.3 is 0 Å². The van der Waals surface area contributed by atoms with Crippen molar-refractivity contribution in [2.45, 2.75) is 63.0 Å². The number of thioether (sulfide) groups is 1. The molecule has 1 saturated heterocycles. The van der Waals surface area contributed by atoms with Crippen molar-refractivity contribution in [1.29, 1.82) is 0 Å². The normalized spacial score (nSPS) is 50.4. The first-order valence-corrected chi connectivity index (χ1v) is 8.96. The highest BCUT2D eigenvalue weighted by molar-refractivity contribution is 8.00. The van der Waals surface area contributed by atoms with Crippen LogP contribution in [0.4, 0.5) is 0 Å². The van der Waals surface area contributed by atoms with E-state index in [0.29, 0.717) is 11.0 Å². The van der Waals surface area contributed by atoms with Gasteiger partial charge in [0.15, 0.2) is 5.78 Å². The van der Waals surface area contributed by atoms with E-state index in [1.807, 2.05) is 11.8 Å². The lowest BCUT2D eigenvalue weighted by Crippen LogP contribution is -2.52. The fourth-order valence-electron chi connectivity index (χ4n) is 5.70. The molecule has 5 rings (SSSR count). The van der Waals surface area contributed by atoms with Gasteiger partial charge in [-0.05, 0) is 74.9 Å². The molecule has 0 radical (unpaired) electrons. The van der Waals surface area contributed by atoms with E-state index in [-0.39, 0.29) is 5.41 Å². The van der Waals surface area contributed by atoms with E-state index in [1.54, 1.807) is 0 Å². The SMILES string of the molecule is O=C(C1CCCCS1)C12CC3CC(CC(C3)C1)C2. The number of hydrogen-bond donors (Lipinski definition) is 0. The van der Waals surface area contributed by atoms with Gasteiger partial charge < -0.3 is 0 Å². The zero-order chi connectivity index (χ0) is 12.2. The van der Waals surface area contributed by atoms with E-state index in [0.717, 1.165) is 17.8 Å². The lowest BCUT2D eigenvalue weighted by Gasteiger charge is -2.56. The molecule has 5 aliphatic rings. The van der Waals surface area contributed by atoms with Crippen molar-refractivity contribution in [3.05, 3.63) is 0 Å². The average molecular weight is 264 g/mol. The second kappa shape index (κ2) is 4.26. The Morgan fingerprint density at radius 1 is 0.944 bits per heavy atom. The number of carbonyl (C=O) groups is 1. The smallest absolute Gasteiger partial charge is 0.151 e. The predicted octanol–water partition coefficient (Wildman–Crippen LogP) is 4.06. The van der Waals surface area contributed by atoms with Crippen LogP contribution >= 0.6 is 11.8 Å². The summed E-state index contributed by atoms with van der Waals surface area (Å²) in [4.78, 5) is 13.0. The first kappa shape index (κ1) is 11.8. The Morgan fingerprint density at radius 2 is 1.56 bits per heavy atom. The molecule has 0 aromatic rings. The van der Waals surface area contributed by atoms with Crippen molar-refractivity contribution in [3.8, 4) is 0 Å². The summed E-state index contributed by atoms with van der Waals surface area (Å²) >= 11 is 1.97. The quantitative estimate of drug-likeness (QED) is 0.748. The summed E-state index contributed by atoms with van der Waals surface area (Å²) in [5.41, 5.74) is 0.157. The molecule has 1 unspecified atom stereocenters. The minimum absolute atomic E-state index is 0.157. The fourth-order valence-corrected chi connectivity index (χ4v) is 7.09. The van der Waals surface area contributed by atoms with Gasteiger partial charge in [0.1, 0.15) is 0 Å². The van der Waals surface area contributed by atoms with E-state index in [4.69, 9.17) is 0 Å². The summed E-state index contributed by atoms with van der Waals surface area (Å²) in [5, 5.41) is 0.370. The fraction of sp³-hybridized carbons (Fsp3) is 0.938. The van der Waals surface area contributed by atoms with Crippen molar-refractivity contribution in [2.75, 3.05) is 5.75 Å². The van der Waals surface area contributed by atoms with Gasteiger partial charge in [-0.1, -0.05) is 6.42 Å². The molecule has 100 valence electrons. The lowest BCUT2D eigenvalue weighted by molar-refractivity contribution is -0.143. The summed E-state index contributed by atoms with van der Waals surface area (Å²) in [7, 11) is 0. The number of rotatable bonds is 2. The maximum atomic E-state index is 13.0. The summed E-state index contributed by atoms with van der Waals surface area (Å²) in [6, 6.07) is 0. The maximum Gasteiger partial charge on any atom is 0.151 e. The maximum absolute atomic E-state index is 13.0. The van der Waals surface area contributed by atoms with Crippen molar-refractivity contribution in [1.82, 2.24) is 0 Å². The predicted molar refractivity (Wildman–Crippen MR) is 75.7 cm³/mol. The number of ketones is 1. The Kier molecular flexibility index (Phi) is 2.80. The first-order valence-electron chi connectivity index (χ1n) is 7.91. The third kappa shape index (κ3) is 1.78. The van der Waals surface area contributed by atoms with Crippen molar-refractivity contribution in [2.24, 2.45) is 23.2 Å². The van der Waals surface area contributed by atoms with Gasteiger partial charge in [0, 0.05) is 5.41 Å². The van der Waals surface area contributed by atoms with Crippen LogP contribution in [0.3, 0.4) is 0 Å². The highest BCUT2D eigenvalue weighted by atomic mass is 32.2. The van der Waals surface area contributed by atoms with E-state index in [1.165, 1.54) is 63.5 Å². The Bertz CT molecular complexity index is 321. The van der Waals surface area contributed by atoms with E-state index in [9.17, 15) is 4.79 Å². The van der Waals surface area contributed by atoms with Crippen LogP contribution in [0.15, 0.2) is 0 Å². The topological polar surface area (TPSA) is 17.1 Å². The molecule has 0 aromatic carbocycles. The molecule has 18 heavy (non-hydrogen) atoms. The van der Waals surface area contributed by atoms with Gasteiger partial charge in [0.05, 0.1) is 5.25 Å². The van der Waals surface area contributed by atoms with Crippen LogP contribution in [0.1, 0.15) is 57.8 Å². The monoisotopic (exact) mass is 264 g/mol. The number of Topliss-reactive ketones (excluding diaryl/α,β-unsaturated/α-hetero) is 1. The van der Waals surface area contributed by atoms with Crippen LogP contribution in [0.2, 0.25) is 0 Å². The molecule has 0 spiro atoms. The molecule has 4 aliphatic carbocycles. The first-order chi connectivity index (χ1) is 8.75. The molecule has 1 nitrogen and oxygen atoms in total. The number of hydrogen-bond acceptors (Lipinski definition) is 2. The Labute approximate surface area is 114 Å². The Hall–Kier alpha value is 0.0200. The summed E-state index contributed by atoms with van der Waals surface area (Å²) in [6.07, 6.45) is 11.9. The summed E-state index contributed by atoms with van der Waals surface area (Å²) in [5.74, 6) is 4.64. The van der Waals surface area contributed by atoms with Gasteiger partial charge in [-0.25, -0.2) is 0 Å². The van der Waals surface area contributed by atoms with Gasteiger partial charge in [0.2, 0.25) is 0 Å². The molecule has 4 saturated carbocycles. The molecule has 4 bridgehead atoms. The minimum atomic E-state index is 0.157. The number of carbonyl (C=O) groups excluding carboxylic acids is 1. The summed E-state index contributed by atoms with van der Waals surface area (Å²) in [6.45, 7) is 0. The zero-order valence-electron chi connectivity index (χ0n) is 11.2. The van der Waals surface area contributed by atoms with E-state index < -0.39 is 0 Å². The Morgan fingerprint density at radius 3 is 2.06 bits per heavy atom. The average Bonchev–Trinajstić information content (AvgIpc) is 2.37. The standard InChI is InChI=1S/C16H24OS/c17-15(14-3-1-2-4-18-14)16-8-11-5-12(9-16)7-13(6-11)10-16/h11-14H,1-10H2. The van der Waals surface area contributed by atoms with Crippen LogP contribution < -0.4 is 0 Å². The zero-order valence-corrected chi connectivity index (χ0v) is 12.0. The largest absolute Gasteiger partial charge is 0.298 e. The minimum Gasteiger partial charge on any atom is -0.298 e. The van der Waals surface area contributed by atoms with Gasteiger partial charge in [-0.3, -0.25) is 4.79 Å². The molecule has 0 N–H and O–H groups in total. The Balaban J connectivity index is 1.57. The molecular weight excluding hydrogens is 240 g/mol. The van der Waals surface area contributed by atoms with Crippen molar-refractivity contribution < 1.29 is 4.79 Å². The molecule has 2 heteroatoms. The van der Waals surface area contributed by atoms with Crippen LogP contribution in [-0.2, 0) is 4.79 Å².